The van der Waals surface area contributed by atoms with Crippen LogP contribution < -0.4 is 5.14 Å². The zero-order valence-corrected chi connectivity index (χ0v) is 11.6. The minimum atomic E-state index is -3.88. The van der Waals surface area contributed by atoms with Crippen molar-refractivity contribution in [3.63, 3.8) is 0 Å². The summed E-state index contributed by atoms with van der Waals surface area (Å²) in [6.07, 6.45) is 0.754. The fourth-order valence-electron chi connectivity index (χ4n) is 2.02. The predicted molar refractivity (Wildman–Crippen MR) is 66.1 cm³/mol. The molecule has 0 saturated carbocycles. The summed E-state index contributed by atoms with van der Waals surface area (Å²) in [5.41, 5.74) is 0. The first-order chi connectivity index (χ1) is 8.80. The van der Waals surface area contributed by atoms with Crippen molar-refractivity contribution in [2.75, 3.05) is 20.3 Å². The number of likely N-dealkylation sites (N-methyl/N-ethyl adjacent to an activating group) is 1. The summed E-state index contributed by atoms with van der Waals surface area (Å²) in [7, 11) is -2.25. The van der Waals surface area contributed by atoms with Crippen molar-refractivity contribution in [3.05, 3.63) is 17.6 Å². The molecule has 1 saturated heterocycles. The minimum absolute atomic E-state index is 0.0177. The quantitative estimate of drug-likeness (QED) is 0.849. The smallest absolute Gasteiger partial charge is 0.289 e. The van der Waals surface area contributed by atoms with Gasteiger partial charge < -0.3 is 14.1 Å². The molecule has 7 nitrogen and oxygen atoms in total. The number of hydrogen-bond acceptors (Lipinski definition) is 5. The third-order valence-corrected chi connectivity index (χ3v) is 4.18. The van der Waals surface area contributed by atoms with Crippen LogP contribution in [0.1, 0.15) is 22.7 Å². The molecule has 1 aliphatic heterocycles. The predicted octanol–water partition coefficient (Wildman–Crippen LogP) is 0.0963. The van der Waals surface area contributed by atoms with E-state index in [1.165, 1.54) is 17.9 Å². The highest BCUT2D eigenvalue weighted by Gasteiger charge is 2.28. The summed E-state index contributed by atoms with van der Waals surface area (Å²) in [6, 6.07) is 1.15. The van der Waals surface area contributed by atoms with Crippen molar-refractivity contribution in [1.82, 2.24) is 4.90 Å². The van der Waals surface area contributed by atoms with Gasteiger partial charge in [0.05, 0.1) is 12.6 Å². The van der Waals surface area contributed by atoms with E-state index in [2.05, 4.69) is 0 Å². The molecule has 1 aromatic heterocycles. The van der Waals surface area contributed by atoms with Crippen LogP contribution in [-0.2, 0) is 14.8 Å². The Morgan fingerprint density at radius 1 is 1.53 bits per heavy atom. The zero-order chi connectivity index (χ0) is 14.2. The molecule has 0 aromatic carbocycles. The van der Waals surface area contributed by atoms with Gasteiger partial charge in [-0.15, -0.1) is 0 Å². The van der Waals surface area contributed by atoms with E-state index in [0.717, 1.165) is 6.42 Å². The minimum Gasteiger partial charge on any atom is -0.455 e. The summed E-state index contributed by atoms with van der Waals surface area (Å²) in [5, 5.41) is 5.04. The van der Waals surface area contributed by atoms with Crippen molar-refractivity contribution < 1.29 is 22.4 Å². The SMILES string of the molecule is Cc1oc(C(=O)N(C)C2CCOC2)cc1S(N)(=O)=O. The number of ether oxygens (including phenoxy) is 1. The molecule has 0 aliphatic carbocycles. The third kappa shape index (κ3) is 2.80. The fourth-order valence-corrected chi connectivity index (χ4v) is 2.73. The summed E-state index contributed by atoms with van der Waals surface area (Å²) >= 11 is 0. The van der Waals surface area contributed by atoms with Crippen LogP contribution in [0.5, 0.6) is 0 Å². The van der Waals surface area contributed by atoms with Gasteiger partial charge in [-0.3, -0.25) is 4.79 Å². The Hall–Kier alpha value is -1.38. The second-order valence-electron chi connectivity index (χ2n) is 4.51. The zero-order valence-electron chi connectivity index (χ0n) is 10.8. The number of nitrogens with zero attached hydrogens (tertiary/aromatic N) is 1. The summed E-state index contributed by atoms with van der Waals surface area (Å²) in [6.45, 7) is 2.54. The lowest BCUT2D eigenvalue weighted by molar-refractivity contribution is 0.0678. The number of primary sulfonamides is 1. The van der Waals surface area contributed by atoms with E-state index in [9.17, 15) is 13.2 Å². The third-order valence-electron chi connectivity index (χ3n) is 3.16. The van der Waals surface area contributed by atoms with Gasteiger partial charge in [-0.05, 0) is 13.3 Å². The van der Waals surface area contributed by atoms with Gasteiger partial charge in [0.25, 0.3) is 5.91 Å². The van der Waals surface area contributed by atoms with Crippen molar-refractivity contribution in [3.8, 4) is 0 Å². The summed E-state index contributed by atoms with van der Waals surface area (Å²) in [4.78, 5) is 13.5. The van der Waals surface area contributed by atoms with Crippen LogP contribution in [0.4, 0.5) is 0 Å². The molecule has 19 heavy (non-hydrogen) atoms. The van der Waals surface area contributed by atoms with Crippen LogP contribution in [0.2, 0.25) is 0 Å². The Labute approximate surface area is 111 Å². The van der Waals surface area contributed by atoms with Gasteiger partial charge in [-0.1, -0.05) is 0 Å². The van der Waals surface area contributed by atoms with Crippen LogP contribution in [0.25, 0.3) is 0 Å². The molecule has 1 fully saturated rings. The first-order valence-corrected chi connectivity index (χ1v) is 7.33. The maximum atomic E-state index is 12.2. The van der Waals surface area contributed by atoms with Crippen LogP contribution in [0.3, 0.4) is 0 Å². The Morgan fingerprint density at radius 3 is 2.68 bits per heavy atom. The normalized spacial score (nSPS) is 19.6. The number of hydrogen-bond donors (Lipinski definition) is 1. The lowest BCUT2D eigenvalue weighted by atomic mass is 10.2. The lowest BCUT2D eigenvalue weighted by Crippen LogP contribution is -2.37. The molecule has 0 radical (unpaired) electrons. The van der Waals surface area contributed by atoms with Crippen LogP contribution in [0, 0.1) is 6.92 Å². The first kappa shape index (κ1) is 14.0. The summed E-state index contributed by atoms with van der Waals surface area (Å²) < 4.78 is 33.0. The average Bonchev–Trinajstić information content (AvgIpc) is 2.94. The number of carbonyl (C=O) groups is 1. The molecule has 1 unspecified atom stereocenters. The molecule has 2 rings (SSSR count). The standard InChI is InChI=1S/C11H16N2O5S/c1-7-10(19(12,15)16)5-9(18-7)11(14)13(2)8-3-4-17-6-8/h5,8H,3-4,6H2,1-2H3,(H2,12,15,16). The fraction of sp³-hybridized carbons (Fsp3) is 0.545. The molecule has 1 amide bonds. The molecule has 2 N–H and O–H groups in total. The number of aryl methyl sites for hydroxylation is 1. The van der Waals surface area contributed by atoms with E-state index in [0.29, 0.717) is 13.2 Å². The van der Waals surface area contributed by atoms with Gasteiger partial charge in [0.1, 0.15) is 10.7 Å². The second-order valence-corrected chi connectivity index (χ2v) is 6.04. The lowest BCUT2D eigenvalue weighted by Gasteiger charge is -2.21. The van der Waals surface area contributed by atoms with Gasteiger partial charge in [0.15, 0.2) is 5.76 Å². The maximum Gasteiger partial charge on any atom is 0.289 e. The topological polar surface area (TPSA) is 103 Å². The Balaban J connectivity index is 2.25. The molecule has 0 bridgehead atoms. The number of rotatable bonds is 3. The number of carbonyl (C=O) groups excluding carboxylic acids is 1. The second kappa shape index (κ2) is 4.95. The molecule has 106 valence electrons. The van der Waals surface area contributed by atoms with E-state index in [4.69, 9.17) is 14.3 Å². The molecule has 8 heteroatoms. The first-order valence-electron chi connectivity index (χ1n) is 5.79. The van der Waals surface area contributed by atoms with Gasteiger partial charge in [0.2, 0.25) is 10.0 Å². The molecule has 1 atom stereocenters. The number of furan rings is 1. The van der Waals surface area contributed by atoms with E-state index < -0.39 is 10.0 Å². The van der Waals surface area contributed by atoms with Crippen molar-refractivity contribution in [2.24, 2.45) is 5.14 Å². The van der Waals surface area contributed by atoms with Gasteiger partial charge in [-0.2, -0.15) is 0 Å². The highest BCUT2D eigenvalue weighted by molar-refractivity contribution is 7.89. The summed E-state index contributed by atoms with van der Waals surface area (Å²) in [5.74, 6) is -0.300. The number of nitrogens with two attached hydrogens (primary N) is 1. The van der Waals surface area contributed by atoms with Crippen LogP contribution in [0.15, 0.2) is 15.4 Å². The van der Waals surface area contributed by atoms with Crippen molar-refractivity contribution >= 4 is 15.9 Å². The highest BCUT2D eigenvalue weighted by atomic mass is 32.2. The molecule has 2 heterocycles. The highest BCUT2D eigenvalue weighted by Crippen LogP contribution is 2.21. The Kier molecular flexibility index (Phi) is 3.66. The van der Waals surface area contributed by atoms with E-state index in [1.54, 1.807) is 7.05 Å². The van der Waals surface area contributed by atoms with E-state index in [-0.39, 0.29) is 28.4 Å². The Morgan fingerprint density at radius 2 is 2.21 bits per heavy atom. The average molecular weight is 288 g/mol. The number of sulfonamides is 1. The van der Waals surface area contributed by atoms with Crippen LogP contribution >= 0.6 is 0 Å². The van der Waals surface area contributed by atoms with Crippen molar-refractivity contribution in [2.45, 2.75) is 24.3 Å². The maximum absolute atomic E-state index is 12.2. The number of amides is 1. The van der Waals surface area contributed by atoms with Crippen LogP contribution in [-0.4, -0.2) is 45.5 Å². The molecular formula is C11H16N2O5S. The van der Waals surface area contributed by atoms with Gasteiger partial charge in [0, 0.05) is 19.7 Å². The molecule has 0 spiro atoms. The molecule has 1 aromatic rings. The van der Waals surface area contributed by atoms with E-state index in [1.807, 2.05) is 0 Å². The molecule has 1 aliphatic rings. The van der Waals surface area contributed by atoms with Crippen molar-refractivity contribution in [1.29, 1.82) is 0 Å². The Bertz CT molecular complexity index is 586. The molecular weight excluding hydrogens is 272 g/mol. The van der Waals surface area contributed by atoms with Gasteiger partial charge in [-0.25, -0.2) is 13.6 Å². The largest absolute Gasteiger partial charge is 0.455 e. The van der Waals surface area contributed by atoms with Gasteiger partial charge >= 0.3 is 0 Å². The monoisotopic (exact) mass is 288 g/mol. The van der Waals surface area contributed by atoms with E-state index >= 15 is 0 Å².